The summed E-state index contributed by atoms with van der Waals surface area (Å²) in [5.74, 6) is 0.698. The number of rotatable bonds is 10. The number of hydrogen-bond donors (Lipinski definition) is 1. The van der Waals surface area contributed by atoms with Crippen LogP contribution >= 0.6 is 46.6 Å². The first-order chi connectivity index (χ1) is 16.4. The van der Waals surface area contributed by atoms with E-state index in [9.17, 15) is 9.59 Å². The molecule has 34 heavy (non-hydrogen) atoms. The summed E-state index contributed by atoms with van der Waals surface area (Å²) in [5.41, 5.74) is 1.82. The first kappa shape index (κ1) is 27.2. The minimum atomic E-state index is -0.551. The number of carbonyl (C=O) groups is 2. The predicted octanol–water partition coefficient (Wildman–Crippen LogP) is 7.14. The highest BCUT2D eigenvalue weighted by Crippen LogP contribution is 2.26. The molecule has 0 aliphatic heterocycles. The Hall–Kier alpha value is -1.40. The van der Waals surface area contributed by atoms with Crippen molar-refractivity contribution in [2.24, 2.45) is 0 Å². The highest BCUT2D eigenvalue weighted by atomic mass is 35.5. The van der Waals surface area contributed by atoms with Crippen LogP contribution in [0.5, 0.6) is 0 Å². The molecule has 1 aliphatic rings. The van der Waals surface area contributed by atoms with Crippen LogP contribution in [0.1, 0.15) is 56.6 Å². The standard InChI is InChI=1S/C26H31Cl3N2O2S/c1-2-24(26(33)30-20-9-4-3-5-10-20)31(15-18-12-13-22(28)23(29)14-18)25(32)17-34-16-19-8-6-7-11-21(19)27/h6-8,11-14,20,24H,2-5,9-10,15-17H2,1H3,(H,30,33)/t24-/m1/s1. The molecule has 1 saturated carbocycles. The molecule has 0 radical (unpaired) electrons. The molecule has 0 bridgehead atoms. The van der Waals surface area contributed by atoms with Crippen LogP contribution in [0, 0.1) is 0 Å². The van der Waals surface area contributed by atoms with E-state index in [1.54, 1.807) is 17.0 Å². The summed E-state index contributed by atoms with van der Waals surface area (Å²) in [4.78, 5) is 28.3. The molecule has 0 saturated heterocycles. The first-order valence-corrected chi connectivity index (χ1v) is 14.0. The van der Waals surface area contributed by atoms with E-state index in [0.717, 1.165) is 36.8 Å². The van der Waals surface area contributed by atoms with Crippen molar-refractivity contribution >= 4 is 58.4 Å². The number of amides is 2. The van der Waals surface area contributed by atoms with Crippen molar-refractivity contribution in [2.75, 3.05) is 5.75 Å². The minimum Gasteiger partial charge on any atom is -0.352 e. The third kappa shape index (κ3) is 7.81. The van der Waals surface area contributed by atoms with E-state index >= 15 is 0 Å². The van der Waals surface area contributed by atoms with Gasteiger partial charge >= 0.3 is 0 Å². The number of nitrogens with one attached hydrogen (secondary N) is 1. The van der Waals surface area contributed by atoms with Gasteiger partial charge in [0.2, 0.25) is 11.8 Å². The highest BCUT2D eigenvalue weighted by molar-refractivity contribution is 7.99. The molecule has 1 aliphatic carbocycles. The second-order valence-electron chi connectivity index (χ2n) is 8.62. The van der Waals surface area contributed by atoms with E-state index < -0.39 is 6.04 Å². The van der Waals surface area contributed by atoms with Crippen molar-refractivity contribution in [3.05, 3.63) is 68.7 Å². The van der Waals surface area contributed by atoms with E-state index in [0.29, 0.717) is 33.8 Å². The van der Waals surface area contributed by atoms with Gasteiger partial charge in [-0.15, -0.1) is 11.8 Å². The number of halogens is 3. The average Bonchev–Trinajstić information content (AvgIpc) is 2.83. The lowest BCUT2D eigenvalue weighted by atomic mass is 9.95. The van der Waals surface area contributed by atoms with E-state index in [2.05, 4.69) is 5.32 Å². The number of hydrogen-bond acceptors (Lipinski definition) is 3. The molecule has 2 aromatic rings. The van der Waals surface area contributed by atoms with E-state index in [1.807, 2.05) is 37.3 Å². The van der Waals surface area contributed by atoms with Crippen molar-refractivity contribution in [1.82, 2.24) is 10.2 Å². The van der Waals surface area contributed by atoms with Gasteiger partial charge in [0.05, 0.1) is 15.8 Å². The number of carbonyl (C=O) groups excluding carboxylic acids is 2. The van der Waals surface area contributed by atoms with Crippen LogP contribution in [0.4, 0.5) is 0 Å². The summed E-state index contributed by atoms with van der Waals surface area (Å²) in [6, 6.07) is 12.6. The van der Waals surface area contributed by atoms with Crippen LogP contribution in [-0.4, -0.2) is 34.6 Å². The molecule has 1 N–H and O–H groups in total. The number of nitrogens with zero attached hydrogens (tertiary/aromatic N) is 1. The van der Waals surface area contributed by atoms with E-state index in [-0.39, 0.29) is 23.6 Å². The summed E-state index contributed by atoms with van der Waals surface area (Å²) < 4.78 is 0. The maximum atomic E-state index is 13.4. The second kappa shape index (κ2) is 13.6. The molecular formula is C26H31Cl3N2O2S. The lowest BCUT2D eigenvalue weighted by Crippen LogP contribution is -2.52. The molecule has 0 heterocycles. The molecule has 0 unspecified atom stereocenters. The van der Waals surface area contributed by atoms with E-state index in [4.69, 9.17) is 34.8 Å². The summed E-state index contributed by atoms with van der Waals surface area (Å²) in [6.07, 6.45) is 6.00. The van der Waals surface area contributed by atoms with Crippen molar-refractivity contribution in [1.29, 1.82) is 0 Å². The third-order valence-corrected chi connectivity index (χ3v) is 8.19. The average molecular weight is 542 g/mol. The van der Waals surface area contributed by atoms with Gasteiger partial charge in [0.15, 0.2) is 0 Å². The quantitative estimate of drug-likeness (QED) is 0.348. The summed E-state index contributed by atoms with van der Waals surface area (Å²) in [6.45, 7) is 2.23. The maximum absolute atomic E-state index is 13.4. The fourth-order valence-corrected chi connectivity index (χ4v) is 5.76. The third-order valence-electron chi connectivity index (χ3n) is 6.12. The van der Waals surface area contributed by atoms with Crippen molar-refractivity contribution < 1.29 is 9.59 Å². The van der Waals surface area contributed by atoms with Crippen LogP contribution < -0.4 is 5.32 Å². The Morgan fingerprint density at radius 2 is 1.76 bits per heavy atom. The Morgan fingerprint density at radius 1 is 1.03 bits per heavy atom. The summed E-state index contributed by atoms with van der Waals surface area (Å²) in [7, 11) is 0. The van der Waals surface area contributed by atoms with Gasteiger partial charge in [0, 0.05) is 23.4 Å². The normalized spacial score (nSPS) is 15.1. The summed E-state index contributed by atoms with van der Waals surface area (Å²) in [5, 5.41) is 4.77. The fourth-order valence-electron chi connectivity index (χ4n) is 4.25. The van der Waals surface area contributed by atoms with Gasteiger partial charge in [-0.3, -0.25) is 9.59 Å². The Bertz CT molecular complexity index is 982. The van der Waals surface area contributed by atoms with E-state index in [1.165, 1.54) is 18.2 Å². The van der Waals surface area contributed by atoms with Crippen LogP contribution in [0.15, 0.2) is 42.5 Å². The number of thioether (sulfide) groups is 1. The van der Waals surface area contributed by atoms with Gasteiger partial charge in [-0.05, 0) is 48.6 Å². The molecule has 2 aromatic carbocycles. The van der Waals surface area contributed by atoms with Crippen LogP contribution in [0.25, 0.3) is 0 Å². The van der Waals surface area contributed by atoms with Gasteiger partial charge in [0.25, 0.3) is 0 Å². The largest absolute Gasteiger partial charge is 0.352 e. The van der Waals surface area contributed by atoms with Crippen LogP contribution in [0.2, 0.25) is 15.1 Å². The molecule has 0 spiro atoms. The number of benzene rings is 2. The molecule has 184 valence electrons. The maximum Gasteiger partial charge on any atom is 0.243 e. The van der Waals surface area contributed by atoms with Crippen LogP contribution in [0.3, 0.4) is 0 Å². The van der Waals surface area contributed by atoms with Gasteiger partial charge in [-0.2, -0.15) is 0 Å². The molecule has 4 nitrogen and oxygen atoms in total. The first-order valence-electron chi connectivity index (χ1n) is 11.7. The van der Waals surface area contributed by atoms with Crippen molar-refractivity contribution in [3.8, 4) is 0 Å². The predicted molar refractivity (Wildman–Crippen MR) is 144 cm³/mol. The monoisotopic (exact) mass is 540 g/mol. The second-order valence-corrected chi connectivity index (χ2v) is 10.8. The van der Waals surface area contributed by atoms with Gasteiger partial charge in [0.1, 0.15) is 6.04 Å². The Labute approximate surface area is 221 Å². The van der Waals surface area contributed by atoms with Crippen LogP contribution in [-0.2, 0) is 21.9 Å². The Morgan fingerprint density at radius 3 is 2.44 bits per heavy atom. The van der Waals surface area contributed by atoms with Gasteiger partial charge in [-0.25, -0.2) is 0 Å². The fraction of sp³-hybridized carbons (Fsp3) is 0.462. The lowest BCUT2D eigenvalue weighted by Gasteiger charge is -2.33. The summed E-state index contributed by atoms with van der Waals surface area (Å²) >= 11 is 20.0. The highest BCUT2D eigenvalue weighted by Gasteiger charge is 2.30. The SMILES string of the molecule is CC[C@H](C(=O)NC1CCCCC1)N(Cc1ccc(Cl)c(Cl)c1)C(=O)CSCc1ccccc1Cl. The molecule has 8 heteroatoms. The zero-order valence-corrected chi connectivity index (χ0v) is 22.5. The van der Waals surface area contributed by atoms with Crippen molar-refractivity contribution in [2.45, 2.75) is 69.8 Å². The molecule has 1 atom stereocenters. The van der Waals surface area contributed by atoms with Crippen molar-refractivity contribution in [3.63, 3.8) is 0 Å². The zero-order valence-electron chi connectivity index (χ0n) is 19.4. The minimum absolute atomic E-state index is 0.0843. The molecule has 1 fully saturated rings. The van der Waals surface area contributed by atoms with Gasteiger partial charge in [-0.1, -0.05) is 85.3 Å². The Balaban J connectivity index is 1.73. The molecule has 3 rings (SSSR count). The smallest absolute Gasteiger partial charge is 0.243 e. The molecule has 2 amide bonds. The molecular weight excluding hydrogens is 511 g/mol. The van der Waals surface area contributed by atoms with Gasteiger partial charge < -0.3 is 10.2 Å². The molecule has 0 aromatic heterocycles. The lowest BCUT2D eigenvalue weighted by molar-refractivity contribution is -0.139. The zero-order chi connectivity index (χ0) is 24.5. The topological polar surface area (TPSA) is 49.4 Å². The Kier molecular flexibility index (Phi) is 10.9.